The molecular formula is C15H23NO2. The van der Waals surface area contributed by atoms with E-state index >= 15 is 0 Å². The molecule has 1 aliphatic heterocycles. The van der Waals surface area contributed by atoms with Crippen molar-refractivity contribution >= 4 is 5.69 Å². The molecule has 1 aliphatic rings. The second kappa shape index (κ2) is 5.72. The van der Waals surface area contributed by atoms with Crippen molar-refractivity contribution in [2.45, 2.75) is 45.4 Å². The van der Waals surface area contributed by atoms with Gasteiger partial charge in [0.15, 0.2) is 5.79 Å². The molecule has 1 heterocycles. The number of hydrogen-bond acceptors (Lipinski definition) is 3. The molecule has 0 aliphatic carbocycles. The summed E-state index contributed by atoms with van der Waals surface area (Å²) in [6.07, 6.45) is 2.33. The first-order valence-corrected chi connectivity index (χ1v) is 6.72. The molecule has 1 aromatic rings. The van der Waals surface area contributed by atoms with E-state index in [4.69, 9.17) is 9.47 Å². The lowest BCUT2D eigenvalue weighted by Gasteiger charge is -2.35. The van der Waals surface area contributed by atoms with Gasteiger partial charge in [-0.05, 0) is 38.0 Å². The van der Waals surface area contributed by atoms with Crippen LogP contribution in [0, 0.1) is 0 Å². The SMILES string of the molecule is CCCc1ccc(NC2COC(C)(C)OC2)cc1. The van der Waals surface area contributed by atoms with Crippen molar-refractivity contribution < 1.29 is 9.47 Å². The van der Waals surface area contributed by atoms with Crippen LogP contribution in [0.5, 0.6) is 0 Å². The first kappa shape index (κ1) is 13.4. The summed E-state index contributed by atoms with van der Waals surface area (Å²) in [5.74, 6) is -0.441. The van der Waals surface area contributed by atoms with Crippen molar-refractivity contribution in [1.29, 1.82) is 0 Å². The van der Waals surface area contributed by atoms with Crippen molar-refractivity contribution in [3.63, 3.8) is 0 Å². The van der Waals surface area contributed by atoms with E-state index in [2.05, 4.69) is 36.5 Å². The Balaban J connectivity index is 1.86. The molecule has 18 heavy (non-hydrogen) atoms. The maximum absolute atomic E-state index is 5.63. The van der Waals surface area contributed by atoms with Gasteiger partial charge in [0.25, 0.3) is 0 Å². The molecule has 1 fully saturated rings. The van der Waals surface area contributed by atoms with Crippen LogP contribution < -0.4 is 5.32 Å². The molecule has 0 radical (unpaired) electrons. The summed E-state index contributed by atoms with van der Waals surface area (Å²) < 4.78 is 11.3. The van der Waals surface area contributed by atoms with Gasteiger partial charge in [0.2, 0.25) is 0 Å². The standard InChI is InChI=1S/C15H23NO2/c1-4-5-12-6-8-13(9-7-12)16-14-10-17-15(2,3)18-11-14/h6-9,14,16H,4-5,10-11H2,1-3H3. The maximum Gasteiger partial charge on any atom is 0.162 e. The van der Waals surface area contributed by atoms with E-state index in [-0.39, 0.29) is 6.04 Å². The molecule has 3 nitrogen and oxygen atoms in total. The highest BCUT2D eigenvalue weighted by Gasteiger charge is 2.27. The van der Waals surface area contributed by atoms with E-state index in [1.807, 2.05) is 13.8 Å². The fourth-order valence-electron chi connectivity index (χ4n) is 2.07. The first-order valence-electron chi connectivity index (χ1n) is 6.72. The number of anilines is 1. The summed E-state index contributed by atoms with van der Waals surface area (Å²) in [4.78, 5) is 0. The zero-order valence-corrected chi connectivity index (χ0v) is 11.5. The summed E-state index contributed by atoms with van der Waals surface area (Å²) in [6.45, 7) is 7.46. The average molecular weight is 249 g/mol. The summed E-state index contributed by atoms with van der Waals surface area (Å²) in [6, 6.07) is 8.85. The monoisotopic (exact) mass is 249 g/mol. The first-order chi connectivity index (χ1) is 8.59. The Labute approximate surface area is 109 Å². The van der Waals surface area contributed by atoms with E-state index in [9.17, 15) is 0 Å². The van der Waals surface area contributed by atoms with Crippen molar-refractivity contribution in [1.82, 2.24) is 0 Å². The summed E-state index contributed by atoms with van der Waals surface area (Å²) in [5, 5.41) is 3.44. The molecule has 1 N–H and O–H groups in total. The highest BCUT2D eigenvalue weighted by atomic mass is 16.7. The molecule has 2 rings (SSSR count). The van der Waals surface area contributed by atoms with Crippen LogP contribution in [0.15, 0.2) is 24.3 Å². The number of rotatable bonds is 4. The third-order valence-electron chi connectivity index (χ3n) is 3.13. The summed E-state index contributed by atoms with van der Waals surface area (Å²) in [7, 11) is 0. The van der Waals surface area contributed by atoms with Crippen molar-refractivity contribution in [2.75, 3.05) is 18.5 Å². The van der Waals surface area contributed by atoms with E-state index < -0.39 is 5.79 Å². The Hall–Kier alpha value is -1.06. The zero-order chi connectivity index (χ0) is 13.0. The van der Waals surface area contributed by atoms with Crippen LogP contribution >= 0.6 is 0 Å². The van der Waals surface area contributed by atoms with Gasteiger partial charge in [0.1, 0.15) is 0 Å². The van der Waals surface area contributed by atoms with Gasteiger partial charge >= 0.3 is 0 Å². The van der Waals surface area contributed by atoms with Crippen LogP contribution in [0.3, 0.4) is 0 Å². The molecule has 1 saturated heterocycles. The molecule has 0 saturated carbocycles. The minimum atomic E-state index is -0.441. The highest BCUT2D eigenvalue weighted by molar-refractivity contribution is 5.45. The predicted molar refractivity (Wildman–Crippen MR) is 73.8 cm³/mol. The van der Waals surface area contributed by atoms with Crippen molar-refractivity contribution in [2.24, 2.45) is 0 Å². The third kappa shape index (κ3) is 3.72. The van der Waals surface area contributed by atoms with Gasteiger partial charge < -0.3 is 14.8 Å². The molecule has 0 bridgehead atoms. The Morgan fingerprint density at radius 1 is 1.17 bits per heavy atom. The summed E-state index contributed by atoms with van der Waals surface area (Å²) >= 11 is 0. The van der Waals surface area contributed by atoms with Gasteiger partial charge in [-0.2, -0.15) is 0 Å². The van der Waals surface area contributed by atoms with Crippen molar-refractivity contribution in [3.05, 3.63) is 29.8 Å². The predicted octanol–water partition coefficient (Wildman–Crippen LogP) is 3.20. The number of ether oxygens (including phenoxy) is 2. The molecule has 100 valence electrons. The molecule has 3 heteroatoms. The van der Waals surface area contributed by atoms with Crippen LogP contribution in [0.4, 0.5) is 5.69 Å². The lowest BCUT2D eigenvalue weighted by Crippen LogP contribution is -2.45. The van der Waals surface area contributed by atoms with Gasteiger partial charge in [-0.1, -0.05) is 25.5 Å². The second-order valence-electron chi connectivity index (χ2n) is 5.31. The molecule has 0 atom stereocenters. The molecule has 0 spiro atoms. The second-order valence-corrected chi connectivity index (χ2v) is 5.31. The topological polar surface area (TPSA) is 30.5 Å². The van der Waals surface area contributed by atoms with Gasteiger partial charge in [-0.15, -0.1) is 0 Å². The van der Waals surface area contributed by atoms with Crippen molar-refractivity contribution in [3.8, 4) is 0 Å². The molecule has 1 aromatic carbocycles. The fourth-order valence-corrected chi connectivity index (χ4v) is 2.07. The Morgan fingerprint density at radius 3 is 2.33 bits per heavy atom. The maximum atomic E-state index is 5.63. The van der Waals surface area contributed by atoms with E-state index in [1.54, 1.807) is 0 Å². The minimum absolute atomic E-state index is 0.232. The molecular weight excluding hydrogens is 226 g/mol. The van der Waals surface area contributed by atoms with E-state index in [0.717, 1.165) is 12.1 Å². The highest BCUT2D eigenvalue weighted by Crippen LogP contribution is 2.20. The molecule has 0 aromatic heterocycles. The molecule has 0 amide bonds. The average Bonchev–Trinajstić information content (AvgIpc) is 2.35. The third-order valence-corrected chi connectivity index (χ3v) is 3.13. The number of nitrogens with one attached hydrogen (secondary N) is 1. The Morgan fingerprint density at radius 2 is 1.78 bits per heavy atom. The van der Waals surface area contributed by atoms with Crippen LogP contribution in [0.25, 0.3) is 0 Å². The van der Waals surface area contributed by atoms with Gasteiger partial charge in [-0.3, -0.25) is 0 Å². The Bertz CT molecular complexity index is 363. The van der Waals surface area contributed by atoms with Gasteiger partial charge in [0.05, 0.1) is 19.3 Å². The normalized spacial score (nSPS) is 19.7. The lowest BCUT2D eigenvalue weighted by molar-refractivity contribution is -0.247. The number of benzene rings is 1. The number of aryl methyl sites for hydroxylation is 1. The van der Waals surface area contributed by atoms with Crippen LogP contribution in [-0.4, -0.2) is 25.0 Å². The van der Waals surface area contributed by atoms with Crippen LogP contribution in [0.1, 0.15) is 32.8 Å². The van der Waals surface area contributed by atoms with Crippen LogP contribution in [0.2, 0.25) is 0 Å². The largest absolute Gasteiger partial charge is 0.378 e. The van der Waals surface area contributed by atoms with Crippen LogP contribution in [-0.2, 0) is 15.9 Å². The minimum Gasteiger partial charge on any atom is -0.378 e. The quantitative estimate of drug-likeness (QED) is 0.889. The lowest BCUT2D eigenvalue weighted by atomic mass is 10.1. The van der Waals surface area contributed by atoms with Gasteiger partial charge in [0, 0.05) is 5.69 Å². The number of hydrogen-bond donors (Lipinski definition) is 1. The zero-order valence-electron chi connectivity index (χ0n) is 11.5. The smallest absolute Gasteiger partial charge is 0.162 e. The Kier molecular flexibility index (Phi) is 4.25. The van der Waals surface area contributed by atoms with E-state index in [1.165, 1.54) is 12.0 Å². The fraction of sp³-hybridized carbons (Fsp3) is 0.600. The summed E-state index contributed by atoms with van der Waals surface area (Å²) in [5.41, 5.74) is 2.52. The molecule has 0 unspecified atom stereocenters. The van der Waals surface area contributed by atoms with E-state index in [0.29, 0.717) is 13.2 Å². The van der Waals surface area contributed by atoms with Gasteiger partial charge in [-0.25, -0.2) is 0 Å².